The Morgan fingerprint density at radius 1 is 1.29 bits per heavy atom. The lowest BCUT2D eigenvalue weighted by atomic mass is 9.88. The van der Waals surface area contributed by atoms with Crippen molar-refractivity contribution in [2.24, 2.45) is 11.8 Å². The van der Waals surface area contributed by atoms with E-state index in [1.54, 1.807) is 11.8 Å². The largest absolute Gasteiger partial charge is 0.469 e. The van der Waals surface area contributed by atoms with Gasteiger partial charge in [0, 0.05) is 29.8 Å². The molecule has 0 aromatic carbocycles. The van der Waals surface area contributed by atoms with Crippen LogP contribution in [0.3, 0.4) is 0 Å². The maximum atomic E-state index is 11.1. The Labute approximate surface area is 174 Å². The summed E-state index contributed by atoms with van der Waals surface area (Å²) < 4.78 is 4.62. The molecule has 4 unspecified atom stereocenters. The van der Waals surface area contributed by atoms with E-state index in [0.29, 0.717) is 25.0 Å². The van der Waals surface area contributed by atoms with Gasteiger partial charge >= 0.3 is 5.97 Å². The van der Waals surface area contributed by atoms with Gasteiger partial charge in [-0.25, -0.2) is 0 Å². The predicted octanol–water partition coefficient (Wildman–Crippen LogP) is 3.70. The number of aliphatic hydroxyl groups excluding tert-OH is 2. The Kier molecular flexibility index (Phi) is 11.7. The van der Waals surface area contributed by atoms with Crippen LogP contribution in [0.1, 0.15) is 72.1 Å². The molecule has 1 fully saturated rings. The molecule has 1 rings (SSSR count). The number of hydrogen-bond acceptors (Lipinski definition) is 6. The van der Waals surface area contributed by atoms with Gasteiger partial charge in [-0.15, -0.1) is 0 Å². The van der Waals surface area contributed by atoms with E-state index in [1.165, 1.54) is 7.11 Å². The molecule has 3 N–H and O–H groups in total. The maximum Gasteiger partial charge on any atom is 0.305 e. The van der Waals surface area contributed by atoms with Crippen molar-refractivity contribution in [3.8, 4) is 0 Å². The second kappa shape index (κ2) is 12.9. The number of aliphatic hydroxyl groups is 3. The van der Waals surface area contributed by atoms with Crippen molar-refractivity contribution >= 4 is 17.7 Å². The molecule has 0 saturated heterocycles. The monoisotopic (exact) mass is 416 g/mol. The minimum Gasteiger partial charge on any atom is -0.469 e. The number of ether oxygens (including phenoxy) is 1. The third-order valence-electron chi connectivity index (χ3n) is 5.95. The fourth-order valence-electron chi connectivity index (χ4n) is 3.65. The Balaban J connectivity index is 2.51. The first-order valence-corrected chi connectivity index (χ1v) is 11.7. The van der Waals surface area contributed by atoms with Gasteiger partial charge in [0.1, 0.15) is 0 Å². The van der Waals surface area contributed by atoms with E-state index in [4.69, 9.17) is 0 Å². The van der Waals surface area contributed by atoms with Gasteiger partial charge in [0.25, 0.3) is 0 Å². The zero-order valence-electron chi connectivity index (χ0n) is 18.0. The summed E-state index contributed by atoms with van der Waals surface area (Å²) in [6, 6.07) is 0. The van der Waals surface area contributed by atoms with Crippen molar-refractivity contribution in [3.63, 3.8) is 0 Å². The quantitative estimate of drug-likeness (QED) is 0.241. The molecule has 0 spiro atoms. The SMILES string of the molecule is CCCCC(C)C(C)(O)CS[C@H]1C(O)CC(O)[C@@H]1CC=CCCCC(=O)OC. The van der Waals surface area contributed by atoms with E-state index in [0.717, 1.165) is 32.1 Å². The third kappa shape index (κ3) is 8.44. The van der Waals surface area contributed by atoms with Gasteiger partial charge in [-0.3, -0.25) is 4.79 Å². The van der Waals surface area contributed by atoms with Crippen molar-refractivity contribution in [2.75, 3.05) is 12.9 Å². The number of hydrogen-bond donors (Lipinski definition) is 3. The lowest BCUT2D eigenvalue weighted by Gasteiger charge is -2.32. The molecule has 1 aliphatic rings. The van der Waals surface area contributed by atoms with Gasteiger partial charge in [-0.1, -0.05) is 38.8 Å². The average Bonchev–Trinajstić information content (AvgIpc) is 2.93. The number of carbonyl (C=O) groups is 1. The molecule has 5 nitrogen and oxygen atoms in total. The summed E-state index contributed by atoms with van der Waals surface area (Å²) >= 11 is 1.59. The molecule has 0 aromatic heterocycles. The molecule has 0 heterocycles. The second-order valence-corrected chi connectivity index (χ2v) is 9.55. The Morgan fingerprint density at radius 3 is 2.64 bits per heavy atom. The molecule has 6 heteroatoms. The summed E-state index contributed by atoms with van der Waals surface area (Å²) in [5, 5.41) is 31.5. The number of thioether (sulfide) groups is 1. The van der Waals surface area contributed by atoms with Crippen LogP contribution in [0.4, 0.5) is 0 Å². The van der Waals surface area contributed by atoms with Gasteiger partial charge in [-0.2, -0.15) is 11.8 Å². The Morgan fingerprint density at radius 2 is 2.00 bits per heavy atom. The molecule has 1 saturated carbocycles. The highest BCUT2D eigenvalue weighted by molar-refractivity contribution is 8.00. The first-order chi connectivity index (χ1) is 13.2. The van der Waals surface area contributed by atoms with E-state index in [1.807, 2.05) is 19.1 Å². The van der Waals surface area contributed by atoms with Gasteiger partial charge in [-0.05, 0) is 38.5 Å². The van der Waals surface area contributed by atoms with Crippen molar-refractivity contribution < 1.29 is 24.9 Å². The molecule has 0 radical (unpaired) electrons. The number of carbonyl (C=O) groups excluding carboxylic acids is 1. The van der Waals surface area contributed by atoms with Crippen LogP contribution in [0, 0.1) is 11.8 Å². The second-order valence-electron chi connectivity index (χ2n) is 8.39. The first kappa shape index (κ1) is 25.5. The topological polar surface area (TPSA) is 87.0 Å². The molecule has 0 aliphatic heterocycles. The highest BCUT2D eigenvalue weighted by Crippen LogP contribution is 2.40. The summed E-state index contributed by atoms with van der Waals surface area (Å²) in [6.07, 6.45) is 9.28. The van der Waals surface area contributed by atoms with Crippen LogP contribution in [-0.2, 0) is 9.53 Å². The van der Waals surface area contributed by atoms with Crippen LogP contribution in [0.2, 0.25) is 0 Å². The van der Waals surface area contributed by atoms with Crippen LogP contribution in [0.5, 0.6) is 0 Å². The zero-order valence-corrected chi connectivity index (χ0v) is 18.8. The average molecular weight is 417 g/mol. The van der Waals surface area contributed by atoms with Crippen molar-refractivity contribution in [1.82, 2.24) is 0 Å². The first-order valence-electron chi connectivity index (χ1n) is 10.6. The Bertz CT molecular complexity index is 480. The minimum absolute atomic E-state index is 0.0152. The highest BCUT2D eigenvalue weighted by Gasteiger charge is 2.42. The van der Waals surface area contributed by atoms with Gasteiger partial charge in [0.05, 0.1) is 24.9 Å². The molecule has 164 valence electrons. The summed E-state index contributed by atoms with van der Waals surface area (Å²) in [7, 11) is 1.39. The van der Waals surface area contributed by atoms with E-state index in [2.05, 4.69) is 18.6 Å². The summed E-state index contributed by atoms with van der Waals surface area (Å²) in [6.45, 7) is 6.12. The molecule has 0 amide bonds. The normalized spacial score (nSPS) is 28.4. The van der Waals surface area contributed by atoms with Gasteiger partial charge in [0.2, 0.25) is 0 Å². The van der Waals surface area contributed by atoms with Crippen molar-refractivity contribution in [2.45, 2.75) is 95.2 Å². The highest BCUT2D eigenvalue weighted by atomic mass is 32.2. The standard InChI is InChI=1S/C22H40O5S/c1-5-6-11-16(2)22(3,26)15-28-21-17(18(23)14-19(21)24)12-9-7-8-10-13-20(25)27-4/h7,9,16-19,21,23-24,26H,5-6,8,10-15H2,1-4H3/t16?,17-,18?,19?,21+,22?/m0/s1. The predicted molar refractivity (Wildman–Crippen MR) is 115 cm³/mol. The lowest BCUT2D eigenvalue weighted by Crippen LogP contribution is -2.37. The van der Waals surface area contributed by atoms with Crippen LogP contribution < -0.4 is 0 Å². The summed E-state index contributed by atoms with van der Waals surface area (Å²) in [5.41, 5.74) is -0.776. The van der Waals surface area contributed by atoms with E-state index in [-0.39, 0.29) is 23.1 Å². The van der Waals surface area contributed by atoms with E-state index in [9.17, 15) is 20.1 Å². The number of unbranched alkanes of at least 4 members (excludes halogenated alkanes) is 2. The molecular weight excluding hydrogens is 376 g/mol. The number of rotatable bonds is 13. The van der Waals surface area contributed by atoms with E-state index >= 15 is 0 Å². The molecule has 0 bridgehead atoms. The number of esters is 1. The van der Waals surface area contributed by atoms with Crippen LogP contribution >= 0.6 is 11.8 Å². The molecule has 6 atom stereocenters. The molecular formula is C22H40O5S. The zero-order chi connectivity index (χ0) is 21.2. The third-order valence-corrected chi connectivity index (χ3v) is 7.75. The van der Waals surface area contributed by atoms with Crippen LogP contribution in [-0.4, -0.2) is 57.2 Å². The number of methoxy groups -OCH3 is 1. The maximum absolute atomic E-state index is 11.1. The molecule has 1 aliphatic carbocycles. The van der Waals surface area contributed by atoms with E-state index < -0.39 is 17.8 Å². The summed E-state index contributed by atoms with van der Waals surface area (Å²) in [4.78, 5) is 11.1. The molecule has 0 aromatic rings. The summed E-state index contributed by atoms with van der Waals surface area (Å²) in [5.74, 6) is 0.556. The minimum atomic E-state index is -0.776. The molecule has 28 heavy (non-hydrogen) atoms. The lowest BCUT2D eigenvalue weighted by molar-refractivity contribution is -0.140. The fourth-order valence-corrected chi connectivity index (χ4v) is 5.34. The smallest absolute Gasteiger partial charge is 0.305 e. The Hall–Kier alpha value is -0.560. The van der Waals surface area contributed by atoms with Gasteiger partial charge in [0.15, 0.2) is 0 Å². The number of allylic oxidation sites excluding steroid dienone is 2. The van der Waals surface area contributed by atoms with Crippen molar-refractivity contribution in [1.29, 1.82) is 0 Å². The van der Waals surface area contributed by atoms with Crippen LogP contribution in [0.25, 0.3) is 0 Å². The van der Waals surface area contributed by atoms with Gasteiger partial charge < -0.3 is 20.1 Å². The van der Waals surface area contributed by atoms with Crippen molar-refractivity contribution in [3.05, 3.63) is 12.2 Å². The van der Waals surface area contributed by atoms with Crippen LogP contribution in [0.15, 0.2) is 12.2 Å². The fraction of sp³-hybridized carbons (Fsp3) is 0.864.